The monoisotopic (exact) mass is 225 g/mol. The summed E-state index contributed by atoms with van der Waals surface area (Å²) >= 11 is 0. The summed E-state index contributed by atoms with van der Waals surface area (Å²) in [6.07, 6.45) is 2.26. The number of fused-ring (bicyclic) bond motifs is 1. The molecule has 0 saturated heterocycles. The van der Waals surface area contributed by atoms with E-state index in [0.29, 0.717) is 6.61 Å². The van der Waals surface area contributed by atoms with Crippen LogP contribution >= 0.6 is 0 Å². The van der Waals surface area contributed by atoms with Crippen LogP contribution in [0.4, 0.5) is 5.69 Å². The van der Waals surface area contributed by atoms with E-state index in [1.165, 1.54) is 16.8 Å². The van der Waals surface area contributed by atoms with Gasteiger partial charge in [-0.1, -0.05) is 6.08 Å². The van der Waals surface area contributed by atoms with E-state index in [1.54, 1.807) is 0 Å². The third-order valence-corrected chi connectivity index (χ3v) is 2.76. The average molecular weight is 225 g/mol. The van der Waals surface area contributed by atoms with Gasteiger partial charge in [-0.15, -0.1) is 0 Å². The standard InChI is InChI=1S/C14H19NO.Li.H/c1-5-16-11-6-7-13-12(8-11)10(2)9-14(3,4)15-13;;/h6-9,15H,5H2,1-4H3;;. The maximum absolute atomic E-state index is 5.52. The van der Waals surface area contributed by atoms with Crippen molar-refractivity contribution in [2.24, 2.45) is 0 Å². The molecular weight excluding hydrogens is 205 g/mol. The number of hydrogen-bond acceptors (Lipinski definition) is 2. The Morgan fingerprint density at radius 2 is 2.00 bits per heavy atom. The molecule has 1 aliphatic heterocycles. The minimum absolute atomic E-state index is 0. The van der Waals surface area contributed by atoms with Crippen LogP contribution in [0.25, 0.3) is 5.57 Å². The van der Waals surface area contributed by atoms with Crippen LogP contribution < -0.4 is 10.1 Å². The molecule has 0 fully saturated rings. The topological polar surface area (TPSA) is 21.3 Å². The van der Waals surface area contributed by atoms with Gasteiger partial charge in [0, 0.05) is 11.3 Å². The Bertz CT molecular complexity index is 438. The number of anilines is 1. The number of hydrogen-bond donors (Lipinski definition) is 1. The number of nitrogens with one attached hydrogen (secondary N) is 1. The van der Waals surface area contributed by atoms with Crippen LogP contribution in [0.5, 0.6) is 5.75 Å². The Morgan fingerprint density at radius 3 is 2.65 bits per heavy atom. The molecule has 1 N–H and O–H groups in total. The second-order valence-corrected chi connectivity index (χ2v) is 4.81. The molecule has 1 aromatic rings. The molecule has 88 valence electrons. The molecule has 2 rings (SSSR count). The summed E-state index contributed by atoms with van der Waals surface area (Å²) in [6.45, 7) is 9.22. The normalized spacial score (nSPS) is 16.1. The SMILES string of the molecule is CCOc1ccc2c(c1)C(C)=CC(C)(C)N2.[LiH]. The van der Waals surface area contributed by atoms with Crippen LogP contribution in [0.3, 0.4) is 0 Å². The van der Waals surface area contributed by atoms with Crippen LogP contribution in [0.15, 0.2) is 24.3 Å². The average Bonchev–Trinajstić information content (AvgIpc) is 2.18. The molecule has 17 heavy (non-hydrogen) atoms. The van der Waals surface area contributed by atoms with Gasteiger partial charge in [-0.2, -0.15) is 0 Å². The van der Waals surface area contributed by atoms with Crippen LogP contribution in [0.2, 0.25) is 0 Å². The van der Waals surface area contributed by atoms with E-state index in [-0.39, 0.29) is 24.4 Å². The quantitative estimate of drug-likeness (QED) is 0.781. The van der Waals surface area contributed by atoms with Gasteiger partial charge < -0.3 is 10.1 Å². The van der Waals surface area contributed by atoms with Crippen LogP contribution in [0.1, 0.15) is 33.3 Å². The van der Waals surface area contributed by atoms with E-state index in [2.05, 4.69) is 44.3 Å². The number of benzene rings is 1. The predicted molar refractivity (Wildman–Crippen MR) is 76.1 cm³/mol. The van der Waals surface area contributed by atoms with E-state index in [9.17, 15) is 0 Å². The zero-order valence-electron chi connectivity index (χ0n) is 10.4. The van der Waals surface area contributed by atoms with Gasteiger partial charge in [0.25, 0.3) is 0 Å². The summed E-state index contributed by atoms with van der Waals surface area (Å²) in [5.74, 6) is 0.940. The third kappa shape index (κ3) is 3.09. The summed E-state index contributed by atoms with van der Waals surface area (Å²) in [5, 5.41) is 3.50. The first kappa shape index (κ1) is 14.2. The van der Waals surface area contributed by atoms with Crippen molar-refractivity contribution in [1.82, 2.24) is 0 Å². The molecule has 0 spiro atoms. The fourth-order valence-electron chi connectivity index (χ4n) is 2.22. The van der Waals surface area contributed by atoms with E-state index in [0.717, 1.165) is 5.75 Å². The van der Waals surface area contributed by atoms with Gasteiger partial charge in [0.05, 0.1) is 12.1 Å². The van der Waals surface area contributed by atoms with Crippen molar-refractivity contribution in [3.63, 3.8) is 0 Å². The Balaban J connectivity index is 0.00000144. The van der Waals surface area contributed by atoms with E-state index in [1.807, 2.05) is 13.0 Å². The van der Waals surface area contributed by atoms with Crippen molar-refractivity contribution in [2.75, 3.05) is 11.9 Å². The Kier molecular flexibility index (Phi) is 4.35. The summed E-state index contributed by atoms with van der Waals surface area (Å²) in [5.41, 5.74) is 3.77. The molecule has 3 heteroatoms. The third-order valence-electron chi connectivity index (χ3n) is 2.76. The predicted octanol–water partition coefficient (Wildman–Crippen LogP) is 3.04. The maximum atomic E-state index is 5.52. The van der Waals surface area contributed by atoms with E-state index >= 15 is 0 Å². The van der Waals surface area contributed by atoms with Crippen molar-refractivity contribution in [1.29, 1.82) is 0 Å². The fourth-order valence-corrected chi connectivity index (χ4v) is 2.22. The molecule has 1 aromatic carbocycles. The number of ether oxygens (including phenoxy) is 1. The van der Waals surface area contributed by atoms with Crippen molar-refractivity contribution >= 4 is 30.1 Å². The molecule has 1 aliphatic rings. The molecule has 0 amide bonds. The first-order chi connectivity index (χ1) is 7.52. The Hall–Kier alpha value is -0.843. The van der Waals surface area contributed by atoms with E-state index in [4.69, 9.17) is 4.74 Å². The molecule has 0 aliphatic carbocycles. The zero-order chi connectivity index (χ0) is 11.8. The first-order valence-electron chi connectivity index (χ1n) is 5.77. The number of allylic oxidation sites excluding steroid dienone is 1. The van der Waals surface area contributed by atoms with Gasteiger partial charge in [0.2, 0.25) is 0 Å². The molecule has 0 aromatic heterocycles. The van der Waals surface area contributed by atoms with Gasteiger partial charge in [-0.3, -0.25) is 0 Å². The number of rotatable bonds is 2. The van der Waals surface area contributed by atoms with E-state index < -0.39 is 0 Å². The summed E-state index contributed by atoms with van der Waals surface area (Å²) in [6, 6.07) is 6.22. The molecule has 1 heterocycles. The molecule has 0 saturated carbocycles. The van der Waals surface area contributed by atoms with Crippen molar-refractivity contribution in [3.8, 4) is 5.75 Å². The summed E-state index contributed by atoms with van der Waals surface area (Å²) < 4.78 is 5.52. The molecule has 0 radical (unpaired) electrons. The first-order valence-corrected chi connectivity index (χ1v) is 5.77. The van der Waals surface area contributed by atoms with Crippen LogP contribution in [-0.4, -0.2) is 31.0 Å². The summed E-state index contributed by atoms with van der Waals surface area (Å²) in [7, 11) is 0. The summed E-state index contributed by atoms with van der Waals surface area (Å²) in [4.78, 5) is 0. The molecular formula is C14H20LiNO. The zero-order valence-corrected chi connectivity index (χ0v) is 10.4. The Morgan fingerprint density at radius 1 is 1.29 bits per heavy atom. The molecule has 0 bridgehead atoms. The van der Waals surface area contributed by atoms with Crippen LogP contribution in [-0.2, 0) is 0 Å². The van der Waals surface area contributed by atoms with Gasteiger partial charge in [-0.05, 0) is 51.5 Å². The second kappa shape index (κ2) is 5.21. The van der Waals surface area contributed by atoms with Gasteiger partial charge in [0.15, 0.2) is 0 Å². The Labute approximate surface area is 116 Å². The molecule has 0 unspecified atom stereocenters. The molecule has 0 atom stereocenters. The second-order valence-electron chi connectivity index (χ2n) is 4.81. The van der Waals surface area contributed by atoms with Crippen molar-refractivity contribution < 1.29 is 4.74 Å². The fraction of sp³-hybridized carbons (Fsp3) is 0.429. The molecule has 2 nitrogen and oxygen atoms in total. The van der Waals surface area contributed by atoms with Crippen molar-refractivity contribution in [3.05, 3.63) is 29.8 Å². The van der Waals surface area contributed by atoms with Crippen molar-refractivity contribution in [2.45, 2.75) is 33.2 Å². The van der Waals surface area contributed by atoms with Gasteiger partial charge in [0.1, 0.15) is 5.75 Å². The van der Waals surface area contributed by atoms with Crippen LogP contribution in [0, 0.1) is 0 Å². The van der Waals surface area contributed by atoms with Gasteiger partial charge >= 0.3 is 18.9 Å². The van der Waals surface area contributed by atoms with Gasteiger partial charge in [-0.25, -0.2) is 0 Å². The minimum atomic E-state index is 0.